The fourth-order valence-corrected chi connectivity index (χ4v) is 2.29. The van der Waals surface area contributed by atoms with Crippen LogP contribution in [0.25, 0.3) is 10.8 Å². The Morgan fingerprint density at radius 3 is 2.68 bits per heavy atom. The van der Waals surface area contributed by atoms with E-state index in [1.807, 2.05) is 49.4 Å². The van der Waals surface area contributed by atoms with E-state index in [0.29, 0.717) is 6.61 Å². The molecule has 0 aromatic heterocycles. The minimum Gasteiger partial charge on any atom is -0.387 e. The number of urea groups is 1. The number of nitrogens with one attached hydrogen (secondary N) is 2. The molecule has 0 saturated heterocycles. The summed E-state index contributed by atoms with van der Waals surface area (Å²) in [4.78, 5) is 11.7. The van der Waals surface area contributed by atoms with Gasteiger partial charge in [0.2, 0.25) is 0 Å². The smallest absolute Gasteiger partial charge is 0.315 e. The Kier molecular flexibility index (Phi) is 5.75. The molecule has 2 unspecified atom stereocenters. The third-order valence-corrected chi connectivity index (χ3v) is 3.41. The van der Waals surface area contributed by atoms with Gasteiger partial charge in [0.25, 0.3) is 0 Å². The van der Waals surface area contributed by atoms with E-state index in [0.717, 1.165) is 16.3 Å². The fourth-order valence-electron chi connectivity index (χ4n) is 2.29. The summed E-state index contributed by atoms with van der Waals surface area (Å²) in [6.45, 7) is 2.45. The molecule has 0 fully saturated rings. The molecule has 118 valence electrons. The highest BCUT2D eigenvalue weighted by Crippen LogP contribution is 2.19. The number of rotatable bonds is 6. The lowest BCUT2D eigenvalue weighted by molar-refractivity contribution is 0.162. The molecule has 0 saturated carbocycles. The van der Waals surface area contributed by atoms with Crippen molar-refractivity contribution in [1.29, 1.82) is 0 Å². The van der Waals surface area contributed by atoms with Crippen LogP contribution in [0.15, 0.2) is 42.5 Å². The van der Waals surface area contributed by atoms with Gasteiger partial charge in [-0.25, -0.2) is 4.79 Å². The highest BCUT2D eigenvalue weighted by atomic mass is 16.5. The van der Waals surface area contributed by atoms with Crippen molar-refractivity contribution >= 4 is 16.8 Å². The summed E-state index contributed by atoms with van der Waals surface area (Å²) in [7, 11) is 1.58. The summed E-state index contributed by atoms with van der Waals surface area (Å²) in [6, 6.07) is 13.3. The van der Waals surface area contributed by atoms with E-state index in [9.17, 15) is 9.90 Å². The SMILES string of the molecule is COCC(C)NC(=O)NCC(O)c1ccc2ccccc2c1. The van der Waals surface area contributed by atoms with E-state index < -0.39 is 6.10 Å². The van der Waals surface area contributed by atoms with Crippen LogP contribution >= 0.6 is 0 Å². The normalized spacial score (nSPS) is 13.6. The van der Waals surface area contributed by atoms with E-state index in [1.165, 1.54) is 0 Å². The van der Waals surface area contributed by atoms with E-state index in [2.05, 4.69) is 10.6 Å². The van der Waals surface area contributed by atoms with Gasteiger partial charge in [-0.3, -0.25) is 0 Å². The lowest BCUT2D eigenvalue weighted by Gasteiger charge is -2.16. The summed E-state index contributed by atoms with van der Waals surface area (Å²) < 4.78 is 4.95. The second-order valence-electron chi connectivity index (χ2n) is 5.33. The molecule has 0 spiro atoms. The van der Waals surface area contributed by atoms with E-state index in [4.69, 9.17) is 4.74 Å². The molecule has 0 bridgehead atoms. The zero-order valence-electron chi connectivity index (χ0n) is 12.9. The molecular formula is C17H22N2O3. The molecule has 2 amide bonds. The Morgan fingerprint density at radius 1 is 1.23 bits per heavy atom. The lowest BCUT2D eigenvalue weighted by atomic mass is 10.0. The van der Waals surface area contributed by atoms with Crippen LogP contribution in [0.5, 0.6) is 0 Å². The minimum atomic E-state index is -0.743. The monoisotopic (exact) mass is 302 g/mol. The Bertz CT molecular complexity index is 630. The summed E-state index contributed by atoms with van der Waals surface area (Å²) in [5.74, 6) is 0. The Labute approximate surface area is 130 Å². The molecule has 0 aliphatic rings. The van der Waals surface area contributed by atoms with Gasteiger partial charge in [0, 0.05) is 13.7 Å². The number of fused-ring (bicyclic) bond motifs is 1. The van der Waals surface area contributed by atoms with Crippen LogP contribution in [0.1, 0.15) is 18.6 Å². The second-order valence-corrected chi connectivity index (χ2v) is 5.33. The van der Waals surface area contributed by atoms with Gasteiger partial charge in [0.1, 0.15) is 0 Å². The van der Waals surface area contributed by atoms with Gasteiger partial charge in [-0.2, -0.15) is 0 Å². The maximum Gasteiger partial charge on any atom is 0.315 e. The van der Waals surface area contributed by atoms with Crippen molar-refractivity contribution in [1.82, 2.24) is 10.6 Å². The molecule has 2 aromatic carbocycles. The molecule has 0 heterocycles. The molecule has 2 atom stereocenters. The topological polar surface area (TPSA) is 70.6 Å². The standard InChI is InChI=1S/C17H22N2O3/c1-12(11-22-2)19-17(21)18-10-16(20)15-8-7-13-5-3-4-6-14(13)9-15/h3-9,12,16,20H,10-11H2,1-2H3,(H2,18,19,21). The van der Waals surface area contributed by atoms with E-state index in [1.54, 1.807) is 7.11 Å². The molecule has 22 heavy (non-hydrogen) atoms. The molecule has 5 heteroatoms. The van der Waals surface area contributed by atoms with Crippen molar-refractivity contribution < 1.29 is 14.6 Å². The predicted octanol–water partition coefficient (Wildman–Crippen LogP) is 2.21. The number of methoxy groups -OCH3 is 1. The maximum atomic E-state index is 11.7. The minimum absolute atomic E-state index is 0.0807. The molecular weight excluding hydrogens is 280 g/mol. The zero-order valence-corrected chi connectivity index (χ0v) is 12.9. The van der Waals surface area contributed by atoms with Crippen molar-refractivity contribution in [2.45, 2.75) is 19.1 Å². The first-order valence-electron chi connectivity index (χ1n) is 7.30. The van der Waals surface area contributed by atoms with Gasteiger partial charge >= 0.3 is 6.03 Å². The van der Waals surface area contributed by atoms with Gasteiger partial charge in [0.15, 0.2) is 0 Å². The number of hydrogen-bond donors (Lipinski definition) is 3. The molecule has 3 N–H and O–H groups in total. The van der Waals surface area contributed by atoms with Crippen LogP contribution in [0.2, 0.25) is 0 Å². The lowest BCUT2D eigenvalue weighted by Crippen LogP contribution is -2.43. The third-order valence-electron chi connectivity index (χ3n) is 3.41. The van der Waals surface area contributed by atoms with Crippen molar-refractivity contribution in [3.8, 4) is 0 Å². The van der Waals surface area contributed by atoms with E-state index in [-0.39, 0.29) is 18.6 Å². The third kappa shape index (κ3) is 4.44. The first-order chi connectivity index (χ1) is 10.6. The second kappa shape index (κ2) is 7.77. The molecule has 2 rings (SSSR count). The van der Waals surface area contributed by atoms with Crippen LogP contribution in [0, 0.1) is 0 Å². The number of hydrogen-bond acceptors (Lipinski definition) is 3. The maximum absolute atomic E-state index is 11.7. The van der Waals surface area contributed by atoms with Gasteiger partial charge in [-0.05, 0) is 29.3 Å². The fraction of sp³-hybridized carbons (Fsp3) is 0.353. The summed E-state index contributed by atoms with van der Waals surface area (Å²) in [6.07, 6.45) is -0.743. The number of aliphatic hydroxyl groups excluding tert-OH is 1. The van der Waals surface area contributed by atoms with Crippen LogP contribution < -0.4 is 10.6 Å². The van der Waals surface area contributed by atoms with Gasteiger partial charge in [-0.15, -0.1) is 0 Å². The van der Waals surface area contributed by atoms with Crippen molar-refractivity contribution in [3.05, 3.63) is 48.0 Å². The first kappa shape index (κ1) is 16.3. The van der Waals surface area contributed by atoms with E-state index >= 15 is 0 Å². The molecule has 5 nitrogen and oxygen atoms in total. The highest BCUT2D eigenvalue weighted by Gasteiger charge is 2.11. The Morgan fingerprint density at radius 2 is 1.95 bits per heavy atom. The van der Waals surface area contributed by atoms with Gasteiger partial charge < -0.3 is 20.5 Å². The average molecular weight is 302 g/mol. The summed E-state index contributed by atoms with van der Waals surface area (Å²) in [5, 5.41) is 17.8. The number of amides is 2. The molecule has 0 aliphatic carbocycles. The van der Waals surface area contributed by atoms with Crippen LogP contribution in [0.4, 0.5) is 4.79 Å². The zero-order chi connectivity index (χ0) is 15.9. The predicted molar refractivity (Wildman–Crippen MR) is 86.8 cm³/mol. The van der Waals surface area contributed by atoms with Crippen LogP contribution in [-0.4, -0.2) is 37.4 Å². The quantitative estimate of drug-likeness (QED) is 0.766. The molecule has 0 aliphatic heterocycles. The van der Waals surface area contributed by atoms with Crippen molar-refractivity contribution in [2.24, 2.45) is 0 Å². The number of aliphatic hydroxyl groups is 1. The highest BCUT2D eigenvalue weighted by molar-refractivity contribution is 5.83. The number of carbonyl (C=O) groups is 1. The first-order valence-corrected chi connectivity index (χ1v) is 7.30. The number of carbonyl (C=O) groups excluding carboxylic acids is 1. The summed E-state index contributed by atoms with van der Waals surface area (Å²) >= 11 is 0. The molecule has 2 aromatic rings. The van der Waals surface area contributed by atoms with Gasteiger partial charge in [0.05, 0.1) is 18.8 Å². The number of ether oxygens (including phenoxy) is 1. The van der Waals surface area contributed by atoms with Crippen LogP contribution in [-0.2, 0) is 4.74 Å². The Balaban J connectivity index is 1.90. The van der Waals surface area contributed by atoms with Crippen LogP contribution in [0.3, 0.4) is 0 Å². The average Bonchev–Trinajstić information content (AvgIpc) is 2.52. The van der Waals surface area contributed by atoms with Gasteiger partial charge in [-0.1, -0.05) is 36.4 Å². The molecule has 0 radical (unpaired) electrons. The van der Waals surface area contributed by atoms with Crippen molar-refractivity contribution in [2.75, 3.05) is 20.3 Å². The Hall–Kier alpha value is -2.11. The largest absolute Gasteiger partial charge is 0.387 e. The summed E-state index contributed by atoms with van der Waals surface area (Å²) in [5.41, 5.74) is 0.781. The number of benzene rings is 2. The van der Waals surface area contributed by atoms with Crippen molar-refractivity contribution in [3.63, 3.8) is 0 Å².